The molecule has 0 spiro atoms. The number of fused-ring (bicyclic) bond motifs is 3. The molecule has 36 heavy (non-hydrogen) atoms. The number of halogens is 4. The summed E-state index contributed by atoms with van der Waals surface area (Å²) in [5.41, 5.74) is -4.05. The van der Waals surface area contributed by atoms with Gasteiger partial charge in [0.2, 0.25) is 17.6 Å². The Kier molecular flexibility index (Phi) is 5.89. The van der Waals surface area contributed by atoms with Crippen LogP contribution < -0.4 is 10.6 Å². The van der Waals surface area contributed by atoms with E-state index in [-0.39, 0.29) is 45.8 Å². The Labute approximate surface area is 209 Å². The SMILES string of the molecule is O=C1N[C@@H](c2nc(-c3sc4c(N[C@H]5C[C@H]6CC[C@H](O6)[C@H]5F)cccc4c3SC(F)(F)F)no2)C[C@@H]1O. The molecule has 1 aromatic carbocycles. The monoisotopic (exact) mass is 544 g/mol. The first-order chi connectivity index (χ1) is 17.2. The molecule has 2 bridgehead atoms. The molecular formula is C22H20F4N4O4S2. The van der Waals surface area contributed by atoms with Gasteiger partial charge in [-0.15, -0.1) is 11.3 Å². The second kappa shape index (κ2) is 8.85. The van der Waals surface area contributed by atoms with Crippen LogP contribution in [0.3, 0.4) is 0 Å². The summed E-state index contributed by atoms with van der Waals surface area (Å²) in [7, 11) is 0. The van der Waals surface area contributed by atoms with E-state index in [9.17, 15) is 27.5 Å². The molecule has 3 saturated heterocycles. The predicted octanol–water partition coefficient (Wildman–Crippen LogP) is 4.56. The zero-order valence-corrected chi connectivity index (χ0v) is 20.1. The van der Waals surface area contributed by atoms with Gasteiger partial charge in [0.05, 0.1) is 33.5 Å². The highest BCUT2D eigenvalue weighted by molar-refractivity contribution is 8.00. The first-order valence-corrected chi connectivity index (χ1v) is 13.0. The van der Waals surface area contributed by atoms with Crippen LogP contribution in [0.15, 0.2) is 27.6 Å². The number of anilines is 1. The second-order valence-electron chi connectivity index (χ2n) is 9.06. The normalized spacial score (nSPS) is 30.2. The zero-order valence-electron chi connectivity index (χ0n) is 18.4. The number of hydrogen-bond acceptors (Lipinski definition) is 9. The van der Waals surface area contributed by atoms with Gasteiger partial charge in [0.25, 0.3) is 0 Å². The van der Waals surface area contributed by atoms with Crippen LogP contribution in [-0.2, 0) is 9.53 Å². The summed E-state index contributed by atoms with van der Waals surface area (Å²) in [6, 6.07) is 3.67. The summed E-state index contributed by atoms with van der Waals surface area (Å²) in [4.78, 5) is 15.9. The third kappa shape index (κ3) is 4.33. The maximum absolute atomic E-state index is 15.0. The molecule has 3 N–H and O–H groups in total. The van der Waals surface area contributed by atoms with E-state index in [1.807, 2.05) is 0 Å². The number of carbonyl (C=O) groups excluding carboxylic acids is 1. The number of aliphatic hydroxyl groups is 1. The molecule has 192 valence electrons. The third-order valence-corrected chi connectivity index (χ3v) is 8.87. The summed E-state index contributed by atoms with van der Waals surface area (Å²) in [6.07, 6.45) is -1.00. The second-order valence-corrected chi connectivity index (χ2v) is 11.2. The Bertz CT molecular complexity index is 1310. The smallest absolute Gasteiger partial charge is 0.383 e. The molecule has 6 rings (SSSR count). The van der Waals surface area contributed by atoms with Crippen molar-refractivity contribution in [2.45, 2.75) is 72.7 Å². The Morgan fingerprint density at radius 1 is 1.25 bits per heavy atom. The number of nitrogens with zero attached hydrogens (tertiary/aromatic N) is 2. The minimum absolute atomic E-state index is 0.00776. The van der Waals surface area contributed by atoms with Crippen molar-refractivity contribution in [1.29, 1.82) is 0 Å². The van der Waals surface area contributed by atoms with Crippen molar-refractivity contribution in [3.8, 4) is 10.7 Å². The minimum Gasteiger partial charge on any atom is -0.383 e. The molecule has 6 atom stereocenters. The van der Waals surface area contributed by atoms with Crippen molar-refractivity contribution < 1.29 is 36.7 Å². The fourth-order valence-electron chi connectivity index (χ4n) is 5.01. The average Bonchev–Trinajstić information content (AvgIpc) is 3.59. The lowest BCUT2D eigenvalue weighted by molar-refractivity contribution is -0.126. The van der Waals surface area contributed by atoms with E-state index in [0.29, 0.717) is 28.6 Å². The largest absolute Gasteiger partial charge is 0.446 e. The number of aliphatic hydroxyl groups excluding tert-OH is 1. The van der Waals surface area contributed by atoms with E-state index in [2.05, 4.69) is 20.8 Å². The number of benzene rings is 1. The lowest BCUT2D eigenvalue weighted by atomic mass is 10.0. The van der Waals surface area contributed by atoms with Crippen molar-refractivity contribution in [3.63, 3.8) is 0 Å². The summed E-state index contributed by atoms with van der Waals surface area (Å²) in [6.45, 7) is 0. The van der Waals surface area contributed by atoms with Crippen LogP contribution >= 0.6 is 23.1 Å². The average molecular weight is 545 g/mol. The van der Waals surface area contributed by atoms with Crippen molar-refractivity contribution in [1.82, 2.24) is 15.5 Å². The van der Waals surface area contributed by atoms with E-state index in [1.54, 1.807) is 18.2 Å². The molecule has 0 aliphatic carbocycles. The van der Waals surface area contributed by atoms with Gasteiger partial charge in [-0.3, -0.25) is 4.79 Å². The van der Waals surface area contributed by atoms with Crippen molar-refractivity contribution in [2.75, 3.05) is 5.32 Å². The maximum Gasteiger partial charge on any atom is 0.446 e. The fourth-order valence-corrected chi connectivity index (χ4v) is 7.12. The van der Waals surface area contributed by atoms with Gasteiger partial charge in [-0.05, 0) is 37.1 Å². The molecule has 5 heterocycles. The molecule has 2 aromatic heterocycles. The van der Waals surface area contributed by atoms with Crippen LogP contribution in [0.1, 0.15) is 37.6 Å². The number of ether oxygens (including phenoxy) is 1. The van der Waals surface area contributed by atoms with Gasteiger partial charge in [-0.25, -0.2) is 4.39 Å². The Hall–Kier alpha value is -2.42. The van der Waals surface area contributed by atoms with Gasteiger partial charge < -0.3 is 25.0 Å². The molecular weight excluding hydrogens is 524 g/mol. The van der Waals surface area contributed by atoms with Gasteiger partial charge in [-0.2, -0.15) is 18.2 Å². The molecule has 0 radical (unpaired) electrons. The van der Waals surface area contributed by atoms with Crippen molar-refractivity contribution in [2.24, 2.45) is 0 Å². The summed E-state index contributed by atoms with van der Waals surface area (Å²) < 4.78 is 67.0. The van der Waals surface area contributed by atoms with Crippen LogP contribution in [0.25, 0.3) is 20.8 Å². The number of carbonyl (C=O) groups is 1. The first-order valence-electron chi connectivity index (χ1n) is 11.4. The number of aromatic nitrogens is 2. The lowest BCUT2D eigenvalue weighted by Gasteiger charge is -2.33. The summed E-state index contributed by atoms with van der Waals surface area (Å²) in [5, 5.41) is 19.6. The van der Waals surface area contributed by atoms with Crippen LogP contribution in [0.5, 0.6) is 0 Å². The molecule has 0 unspecified atom stereocenters. The molecule has 8 nitrogen and oxygen atoms in total. The zero-order chi connectivity index (χ0) is 25.2. The molecule has 3 aliphatic heterocycles. The van der Waals surface area contributed by atoms with E-state index in [0.717, 1.165) is 17.8 Å². The minimum atomic E-state index is -4.58. The molecule has 3 fully saturated rings. The Balaban J connectivity index is 1.38. The molecule has 14 heteroatoms. The number of alkyl halides is 4. The molecule has 3 aromatic rings. The lowest BCUT2D eigenvalue weighted by Crippen LogP contribution is -2.44. The number of rotatable bonds is 5. The first kappa shape index (κ1) is 23.9. The van der Waals surface area contributed by atoms with Crippen LogP contribution in [-0.4, -0.2) is 57.2 Å². The highest BCUT2D eigenvalue weighted by Gasteiger charge is 2.44. The number of nitrogens with one attached hydrogen (secondary N) is 2. The number of thioether (sulfide) groups is 1. The van der Waals surface area contributed by atoms with Crippen molar-refractivity contribution >= 4 is 44.8 Å². The van der Waals surface area contributed by atoms with Crippen LogP contribution in [0.4, 0.5) is 23.2 Å². The summed E-state index contributed by atoms with van der Waals surface area (Å²) >= 11 is 0.773. The quantitative estimate of drug-likeness (QED) is 0.317. The van der Waals surface area contributed by atoms with E-state index >= 15 is 0 Å². The maximum atomic E-state index is 15.0. The van der Waals surface area contributed by atoms with Gasteiger partial charge in [-0.1, -0.05) is 17.3 Å². The predicted molar refractivity (Wildman–Crippen MR) is 123 cm³/mol. The molecule has 1 amide bonds. The van der Waals surface area contributed by atoms with E-state index in [1.165, 1.54) is 0 Å². The van der Waals surface area contributed by atoms with E-state index < -0.39 is 41.9 Å². The van der Waals surface area contributed by atoms with Gasteiger partial charge >= 0.3 is 5.51 Å². The molecule has 3 aliphatic rings. The number of amides is 1. The van der Waals surface area contributed by atoms with Gasteiger partial charge in [0.1, 0.15) is 18.3 Å². The van der Waals surface area contributed by atoms with E-state index in [4.69, 9.17) is 9.26 Å². The van der Waals surface area contributed by atoms with Crippen LogP contribution in [0, 0.1) is 0 Å². The van der Waals surface area contributed by atoms with Gasteiger partial charge in [0, 0.05) is 16.7 Å². The number of hydrogen-bond donors (Lipinski definition) is 3. The highest BCUT2D eigenvalue weighted by Crippen LogP contribution is 2.51. The fraction of sp³-hybridized carbons (Fsp3) is 0.500. The number of thiophene rings is 1. The topological polar surface area (TPSA) is 110 Å². The Morgan fingerprint density at radius 2 is 2.08 bits per heavy atom. The standard InChI is InChI=1S/C22H20F4N4O4S2/c23-15-11(6-8-4-5-14(15)33-8)27-10-3-1-2-9-16(10)35-18(17(9)36-22(24,25)26)19-29-21(34-30-19)12-7-13(31)20(32)28-12/h1-3,8,11-15,27,31H,4-7H2,(H,28,32)/t8-,11+,12-,13+,14+,15+/m1/s1. The third-order valence-electron chi connectivity index (χ3n) is 6.65. The summed E-state index contributed by atoms with van der Waals surface area (Å²) in [5.74, 6) is -0.656. The highest BCUT2D eigenvalue weighted by atomic mass is 32.2. The van der Waals surface area contributed by atoms with Crippen LogP contribution in [0.2, 0.25) is 0 Å². The molecule has 0 saturated carbocycles. The van der Waals surface area contributed by atoms with Gasteiger partial charge in [0.15, 0.2) is 0 Å². The Morgan fingerprint density at radius 3 is 2.83 bits per heavy atom. The van der Waals surface area contributed by atoms with Crippen molar-refractivity contribution in [3.05, 3.63) is 24.1 Å².